The van der Waals surface area contributed by atoms with Crippen molar-refractivity contribution >= 4 is 46.9 Å². The highest BCUT2D eigenvalue weighted by atomic mass is 35.5. The molecule has 3 aromatic rings. The summed E-state index contributed by atoms with van der Waals surface area (Å²) in [5, 5.41) is 7.04. The van der Waals surface area contributed by atoms with E-state index in [1.807, 2.05) is 13.0 Å². The third-order valence-electron chi connectivity index (χ3n) is 4.67. The molecular weight excluding hydrogens is 517 g/mol. The molecule has 0 unspecified atom stereocenters. The Morgan fingerprint density at radius 2 is 1.70 bits per heavy atom. The first-order valence-electron chi connectivity index (χ1n) is 11.2. The van der Waals surface area contributed by atoms with E-state index in [4.69, 9.17) is 37.4 Å². The first-order chi connectivity index (χ1) is 17.9. The normalized spacial score (nSPS) is 10.6. The van der Waals surface area contributed by atoms with E-state index in [9.17, 15) is 9.59 Å². The van der Waals surface area contributed by atoms with E-state index in [0.29, 0.717) is 41.5 Å². The van der Waals surface area contributed by atoms with Crippen molar-refractivity contribution in [1.29, 1.82) is 0 Å². The van der Waals surface area contributed by atoms with Gasteiger partial charge < -0.3 is 19.5 Å². The van der Waals surface area contributed by atoms with Crippen LogP contribution in [0.25, 0.3) is 0 Å². The summed E-state index contributed by atoms with van der Waals surface area (Å²) in [5.74, 6) is 0.294. The molecule has 37 heavy (non-hydrogen) atoms. The Bertz CT molecular complexity index is 1260. The summed E-state index contributed by atoms with van der Waals surface area (Å²) in [6, 6.07) is 16.9. The van der Waals surface area contributed by atoms with Gasteiger partial charge in [0, 0.05) is 11.3 Å². The topological polar surface area (TPSA) is 98.3 Å². The average molecular weight is 542 g/mol. The van der Waals surface area contributed by atoms with E-state index in [1.54, 1.807) is 60.7 Å². The maximum absolute atomic E-state index is 12.5. The Morgan fingerprint density at radius 3 is 2.38 bits per heavy atom. The lowest BCUT2D eigenvalue weighted by atomic mass is 10.2. The van der Waals surface area contributed by atoms with Gasteiger partial charge in [-0.15, -0.1) is 0 Å². The lowest BCUT2D eigenvalue weighted by molar-refractivity contribution is -0.118. The zero-order chi connectivity index (χ0) is 26.6. The van der Waals surface area contributed by atoms with E-state index >= 15 is 0 Å². The number of hydrazone groups is 1. The lowest BCUT2D eigenvalue weighted by Gasteiger charge is -2.12. The fourth-order valence-corrected chi connectivity index (χ4v) is 3.68. The van der Waals surface area contributed by atoms with Crippen LogP contribution in [0.5, 0.6) is 17.2 Å². The Hall–Kier alpha value is -4.01. The van der Waals surface area contributed by atoms with Crippen LogP contribution in [-0.4, -0.2) is 37.8 Å². The molecule has 0 aromatic heterocycles. The summed E-state index contributed by atoms with van der Waals surface area (Å²) in [5.41, 5.74) is 3.94. The molecule has 3 rings (SSSR count). The van der Waals surface area contributed by atoms with E-state index in [2.05, 4.69) is 22.4 Å². The number of anilines is 1. The smallest absolute Gasteiger partial charge is 0.271 e. The number of carbonyl (C=O) groups is 2. The minimum Gasteiger partial charge on any atom is -0.490 e. The molecule has 0 aliphatic carbocycles. The van der Waals surface area contributed by atoms with Crippen LogP contribution in [0.4, 0.5) is 5.69 Å². The van der Waals surface area contributed by atoms with E-state index in [-0.39, 0.29) is 28.3 Å². The minimum atomic E-state index is -0.450. The van der Waals surface area contributed by atoms with Crippen molar-refractivity contribution in [2.24, 2.45) is 5.10 Å². The number of ether oxygens (including phenoxy) is 3. The molecule has 0 fully saturated rings. The summed E-state index contributed by atoms with van der Waals surface area (Å²) < 4.78 is 16.6. The van der Waals surface area contributed by atoms with Crippen LogP contribution in [0.15, 0.2) is 78.4 Å². The minimum absolute atomic E-state index is 0.162. The molecule has 0 saturated heterocycles. The molecule has 0 spiro atoms. The predicted molar refractivity (Wildman–Crippen MR) is 145 cm³/mol. The van der Waals surface area contributed by atoms with Crippen molar-refractivity contribution in [1.82, 2.24) is 5.43 Å². The second-order valence-electron chi connectivity index (χ2n) is 7.41. The van der Waals surface area contributed by atoms with E-state index in [1.165, 1.54) is 6.21 Å². The monoisotopic (exact) mass is 541 g/mol. The Morgan fingerprint density at radius 1 is 0.973 bits per heavy atom. The molecule has 8 nitrogen and oxygen atoms in total. The molecule has 192 valence electrons. The fraction of sp³-hybridized carbons (Fsp3) is 0.148. The van der Waals surface area contributed by atoms with Crippen molar-refractivity contribution in [2.75, 3.05) is 25.1 Å². The number of carbonyl (C=O) groups excluding carboxylic acids is 2. The summed E-state index contributed by atoms with van der Waals surface area (Å²) in [4.78, 5) is 24.7. The zero-order valence-corrected chi connectivity index (χ0v) is 21.5. The average Bonchev–Trinajstić information content (AvgIpc) is 2.88. The SMILES string of the molecule is C=CCOc1ccc(C(=O)N/N=C/c2cc(Cl)c(OCC(=O)Nc3ccccc3)c(Cl)c2)cc1OCC. The van der Waals surface area contributed by atoms with Gasteiger partial charge in [0.2, 0.25) is 0 Å². The summed E-state index contributed by atoms with van der Waals surface area (Å²) in [6.45, 7) is 5.89. The Kier molecular flexibility index (Phi) is 10.4. The molecule has 0 aliphatic rings. The van der Waals surface area contributed by atoms with Crippen LogP contribution in [-0.2, 0) is 4.79 Å². The first-order valence-corrected chi connectivity index (χ1v) is 12.0. The van der Waals surface area contributed by atoms with Crippen LogP contribution >= 0.6 is 23.2 Å². The van der Waals surface area contributed by atoms with Gasteiger partial charge in [0.15, 0.2) is 23.9 Å². The number of nitrogens with zero attached hydrogens (tertiary/aromatic N) is 1. The van der Waals surface area contributed by atoms with Crippen molar-refractivity contribution in [2.45, 2.75) is 6.92 Å². The van der Waals surface area contributed by atoms with Crippen molar-refractivity contribution in [3.05, 3.63) is 94.5 Å². The van der Waals surface area contributed by atoms with Gasteiger partial charge in [-0.05, 0) is 55.0 Å². The van der Waals surface area contributed by atoms with Crippen LogP contribution in [0, 0.1) is 0 Å². The van der Waals surface area contributed by atoms with Crippen molar-refractivity contribution in [3.8, 4) is 17.2 Å². The van der Waals surface area contributed by atoms with Crippen LogP contribution < -0.4 is 25.0 Å². The number of para-hydroxylation sites is 1. The second kappa shape index (κ2) is 13.9. The van der Waals surface area contributed by atoms with Gasteiger partial charge in [-0.2, -0.15) is 5.10 Å². The summed E-state index contributed by atoms with van der Waals surface area (Å²) in [6.07, 6.45) is 3.00. The van der Waals surface area contributed by atoms with Crippen LogP contribution in [0.3, 0.4) is 0 Å². The predicted octanol–water partition coefficient (Wildman–Crippen LogP) is 5.74. The molecule has 0 atom stereocenters. The van der Waals surface area contributed by atoms with Crippen molar-refractivity contribution in [3.63, 3.8) is 0 Å². The van der Waals surface area contributed by atoms with Gasteiger partial charge in [0.05, 0.1) is 22.9 Å². The molecule has 0 aliphatic heterocycles. The second-order valence-corrected chi connectivity index (χ2v) is 8.22. The molecule has 0 saturated carbocycles. The molecule has 0 bridgehead atoms. The number of halogens is 2. The van der Waals surface area contributed by atoms with E-state index < -0.39 is 5.91 Å². The van der Waals surface area contributed by atoms with Crippen molar-refractivity contribution < 1.29 is 23.8 Å². The molecule has 3 aromatic carbocycles. The van der Waals surface area contributed by atoms with Gasteiger partial charge >= 0.3 is 0 Å². The number of hydrogen-bond donors (Lipinski definition) is 2. The first kappa shape index (κ1) is 27.6. The quantitative estimate of drug-likeness (QED) is 0.173. The van der Waals surface area contributed by atoms with Gasteiger partial charge in [-0.3, -0.25) is 9.59 Å². The molecule has 2 N–H and O–H groups in total. The van der Waals surface area contributed by atoms with Crippen LogP contribution in [0.2, 0.25) is 10.0 Å². The molecule has 0 heterocycles. The summed E-state index contributed by atoms with van der Waals surface area (Å²) >= 11 is 12.6. The number of benzene rings is 3. The number of hydrogen-bond acceptors (Lipinski definition) is 6. The zero-order valence-electron chi connectivity index (χ0n) is 20.0. The van der Waals surface area contributed by atoms with Gasteiger partial charge in [0.25, 0.3) is 11.8 Å². The molecule has 0 radical (unpaired) electrons. The third kappa shape index (κ3) is 8.27. The number of rotatable bonds is 12. The van der Waals surface area contributed by atoms with E-state index in [0.717, 1.165) is 0 Å². The lowest BCUT2D eigenvalue weighted by Crippen LogP contribution is -2.20. The number of amides is 2. The summed E-state index contributed by atoms with van der Waals surface area (Å²) in [7, 11) is 0. The largest absolute Gasteiger partial charge is 0.490 e. The van der Waals surface area contributed by atoms with Gasteiger partial charge in [-0.1, -0.05) is 54.1 Å². The van der Waals surface area contributed by atoms with Gasteiger partial charge in [-0.25, -0.2) is 5.43 Å². The fourth-order valence-electron chi connectivity index (χ4n) is 3.06. The highest BCUT2D eigenvalue weighted by Gasteiger charge is 2.13. The maximum Gasteiger partial charge on any atom is 0.271 e. The number of nitrogens with one attached hydrogen (secondary N) is 2. The third-order valence-corrected chi connectivity index (χ3v) is 5.23. The highest BCUT2D eigenvalue weighted by Crippen LogP contribution is 2.34. The highest BCUT2D eigenvalue weighted by molar-refractivity contribution is 6.37. The Labute approximate surface area is 224 Å². The van der Waals surface area contributed by atoms with Gasteiger partial charge in [0.1, 0.15) is 6.61 Å². The molecule has 2 amide bonds. The Balaban J connectivity index is 1.60. The molecular formula is C27H25Cl2N3O5. The maximum atomic E-state index is 12.5. The standard InChI is InChI=1S/C27H25Cl2N3O5/c1-3-12-36-23-11-10-19(15-24(23)35-4-2)27(34)32-30-16-18-13-21(28)26(22(29)14-18)37-17-25(33)31-20-8-6-5-7-9-20/h3,5-11,13-16H,1,4,12,17H2,2H3,(H,31,33)(H,32,34)/b30-16+. The van der Waals surface area contributed by atoms with Crippen LogP contribution in [0.1, 0.15) is 22.8 Å². The molecule has 10 heteroatoms.